The van der Waals surface area contributed by atoms with Gasteiger partial charge in [0.05, 0.1) is 10.7 Å². The van der Waals surface area contributed by atoms with E-state index in [0.717, 1.165) is 5.56 Å². The molecule has 4 nitrogen and oxygen atoms in total. The highest BCUT2D eigenvalue weighted by molar-refractivity contribution is 6.33. The van der Waals surface area contributed by atoms with E-state index in [1.54, 1.807) is 39.8 Å². The fourth-order valence-corrected chi connectivity index (χ4v) is 1.72. The number of benzene rings is 1. The lowest BCUT2D eigenvalue weighted by molar-refractivity contribution is -0.131. The Morgan fingerprint density at radius 2 is 1.85 bits per heavy atom. The summed E-state index contributed by atoms with van der Waals surface area (Å²) in [5.41, 5.74) is 1.02. The molecule has 20 heavy (non-hydrogen) atoms. The molecule has 2 N–H and O–H groups in total. The first kappa shape index (κ1) is 16.5. The van der Waals surface area contributed by atoms with Crippen LogP contribution in [0.5, 0.6) is 0 Å². The quantitative estimate of drug-likeness (QED) is 0.900. The molecular formula is C15H21ClN2O2. The summed E-state index contributed by atoms with van der Waals surface area (Å²) in [7, 11) is 0. The van der Waals surface area contributed by atoms with E-state index < -0.39 is 11.5 Å². The van der Waals surface area contributed by atoms with Gasteiger partial charge in [-0.1, -0.05) is 38.4 Å². The molecule has 1 rings (SSSR count). The first-order valence-corrected chi connectivity index (χ1v) is 6.87. The van der Waals surface area contributed by atoms with E-state index in [0.29, 0.717) is 10.7 Å². The molecule has 0 aliphatic heterocycles. The summed E-state index contributed by atoms with van der Waals surface area (Å²) >= 11 is 6.05. The molecule has 0 heterocycles. The van der Waals surface area contributed by atoms with Gasteiger partial charge in [0.25, 0.3) is 0 Å². The zero-order chi connectivity index (χ0) is 15.5. The molecular weight excluding hydrogens is 276 g/mol. The van der Waals surface area contributed by atoms with Crippen LogP contribution in [0.2, 0.25) is 5.02 Å². The number of aryl methyl sites for hydroxylation is 1. The van der Waals surface area contributed by atoms with Crippen LogP contribution in [0.15, 0.2) is 18.2 Å². The Labute approximate surface area is 124 Å². The number of carbonyl (C=O) groups excluding carboxylic acids is 2. The molecule has 0 aliphatic rings. The monoisotopic (exact) mass is 296 g/mol. The van der Waals surface area contributed by atoms with E-state index in [1.165, 1.54) is 0 Å². The lowest BCUT2D eigenvalue weighted by Gasteiger charge is -2.21. The van der Waals surface area contributed by atoms with Crippen LogP contribution in [0.4, 0.5) is 5.69 Å². The van der Waals surface area contributed by atoms with Crippen molar-refractivity contribution in [2.45, 2.75) is 40.7 Å². The summed E-state index contributed by atoms with van der Waals surface area (Å²) in [4.78, 5) is 23.9. The topological polar surface area (TPSA) is 58.2 Å². The molecule has 0 saturated carbocycles. The third kappa shape index (κ3) is 4.53. The molecule has 0 bridgehead atoms. The lowest BCUT2D eigenvalue weighted by atomic mass is 9.95. The summed E-state index contributed by atoms with van der Waals surface area (Å²) in [6.45, 7) is 8.95. The van der Waals surface area contributed by atoms with Gasteiger partial charge in [0, 0.05) is 5.41 Å². The average Bonchev–Trinajstić information content (AvgIpc) is 2.31. The molecule has 1 aromatic carbocycles. The van der Waals surface area contributed by atoms with Crippen LogP contribution in [-0.4, -0.2) is 17.9 Å². The fourth-order valence-electron chi connectivity index (χ4n) is 1.44. The minimum absolute atomic E-state index is 0.171. The maximum Gasteiger partial charge on any atom is 0.246 e. The molecule has 110 valence electrons. The zero-order valence-corrected chi connectivity index (χ0v) is 13.3. The van der Waals surface area contributed by atoms with E-state index in [4.69, 9.17) is 11.6 Å². The Morgan fingerprint density at radius 3 is 2.35 bits per heavy atom. The molecule has 0 spiro atoms. The Morgan fingerprint density at radius 1 is 1.25 bits per heavy atom. The van der Waals surface area contributed by atoms with Crippen molar-refractivity contribution in [1.29, 1.82) is 0 Å². The normalized spacial score (nSPS) is 12.7. The third-order valence-electron chi connectivity index (χ3n) is 2.80. The molecule has 1 atom stereocenters. The molecule has 0 unspecified atom stereocenters. The highest BCUT2D eigenvalue weighted by Gasteiger charge is 2.25. The van der Waals surface area contributed by atoms with E-state index in [-0.39, 0.29) is 11.8 Å². The summed E-state index contributed by atoms with van der Waals surface area (Å²) < 4.78 is 0. The Hall–Kier alpha value is -1.55. The number of rotatable bonds is 3. The number of amides is 2. The van der Waals surface area contributed by atoms with E-state index in [2.05, 4.69) is 10.6 Å². The standard InChI is InChI=1S/C15H21ClN2O2/c1-9-6-7-12(11(16)8-9)18-13(19)10(2)17-14(20)15(3,4)5/h6-8,10H,1-5H3,(H,17,20)(H,18,19)/t10-/m1/s1. The molecule has 0 radical (unpaired) electrons. The number of nitrogens with one attached hydrogen (secondary N) is 2. The summed E-state index contributed by atoms with van der Waals surface area (Å²) in [6.07, 6.45) is 0. The Bertz CT molecular complexity index is 521. The van der Waals surface area contributed by atoms with Crippen molar-refractivity contribution in [3.63, 3.8) is 0 Å². The zero-order valence-electron chi connectivity index (χ0n) is 12.5. The van der Waals surface area contributed by atoms with Gasteiger partial charge in [-0.25, -0.2) is 0 Å². The SMILES string of the molecule is Cc1ccc(NC(=O)[C@@H](C)NC(=O)C(C)(C)C)c(Cl)c1. The molecule has 5 heteroatoms. The first-order chi connectivity index (χ1) is 9.11. The number of anilines is 1. The second-order valence-corrected chi connectivity index (χ2v) is 6.32. The number of halogens is 1. The second-order valence-electron chi connectivity index (χ2n) is 5.92. The molecule has 0 fully saturated rings. The first-order valence-electron chi connectivity index (χ1n) is 6.49. The van der Waals surface area contributed by atoms with Gasteiger partial charge in [-0.2, -0.15) is 0 Å². The second kappa shape index (κ2) is 6.27. The lowest BCUT2D eigenvalue weighted by Crippen LogP contribution is -2.46. The minimum atomic E-state index is -0.626. The van der Waals surface area contributed by atoms with Crippen molar-refractivity contribution in [3.05, 3.63) is 28.8 Å². The van der Waals surface area contributed by atoms with Crippen molar-refractivity contribution in [2.75, 3.05) is 5.32 Å². The number of hydrogen-bond acceptors (Lipinski definition) is 2. The van der Waals surface area contributed by atoms with Gasteiger partial charge in [0.2, 0.25) is 11.8 Å². The highest BCUT2D eigenvalue weighted by atomic mass is 35.5. The van der Waals surface area contributed by atoms with Crippen molar-refractivity contribution in [1.82, 2.24) is 5.32 Å². The van der Waals surface area contributed by atoms with Crippen LogP contribution in [0.3, 0.4) is 0 Å². The van der Waals surface area contributed by atoms with Crippen molar-refractivity contribution >= 4 is 29.1 Å². The van der Waals surface area contributed by atoms with Crippen LogP contribution in [-0.2, 0) is 9.59 Å². The van der Waals surface area contributed by atoms with Crippen LogP contribution in [0.1, 0.15) is 33.3 Å². The predicted molar refractivity (Wildman–Crippen MR) is 81.9 cm³/mol. The smallest absolute Gasteiger partial charge is 0.246 e. The predicted octanol–water partition coefficient (Wildman–Crippen LogP) is 3.14. The Balaban J connectivity index is 2.69. The Kier molecular flexibility index (Phi) is 5.17. The van der Waals surface area contributed by atoms with Crippen molar-refractivity contribution in [3.8, 4) is 0 Å². The van der Waals surface area contributed by atoms with Crippen molar-refractivity contribution in [2.24, 2.45) is 5.41 Å². The summed E-state index contributed by atoms with van der Waals surface area (Å²) in [5, 5.41) is 5.86. The molecule has 0 saturated heterocycles. The van der Waals surface area contributed by atoms with Crippen LogP contribution in [0.25, 0.3) is 0 Å². The molecule has 2 amide bonds. The maximum absolute atomic E-state index is 12.0. The molecule has 0 aromatic heterocycles. The van der Waals surface area contributed by atoms with E-state index in [1.807, 2.05) is 13.0 Å². The summed E-state index contributed by atoms with van der Waals surface area (Å²) in [5.74, 6) is -0.469. The maximum atomic E-state index is 12.0. The highest BCUT2D eigenvalue weighted by Crippen LogP contribution is 2.22. The minimum Gasteiger partial charge on any atom is -0.344 e. The van der Waals surface area contributed by atoms with Crippen LogP contribution < -0.4 is 10.6 Å². The van der Waals surface area contributed by atoms with Crippen molar-refractivity contribution < 1.29 is 9.59 Å². The third-order valence-corrected chi connectivity index (χ3v) is 3.12. The van der Waals surface area contributed by atoms with Crippen LogP contribution >= 0.6 is 11.6 Å². The average molecular weight is 297 g/mol. The van der Waals surface area contributed by atoms with E-state index >= 15 is 0 Å². The van der Waals surface area contributed by atoms with Gasteiger partial charge in [-0.05, 0) is 31.5 Å². The van der Waals surface area contributed by atoms with Gasteiger partial charge in [-0.15, -0.1) is 0 Å². The van der Waals surface area contributed by atoms with Gasteiger partial charge in [0.15, 0.2) is 0 Å². The number of hydrogen-bond donors (Lipinski definition) is 2. The van der Waals surface area contributed by atoms with E-state index in [9.17, 15) is 9.59 Å². The van der Waals surface area contributed by atoms with Gasteiger partial charge >= 0.3 is 0 Å². The van der Waals surface area contributed by atoms with Gasteiger partial charge < -0.3 is 10.6 Å². The van der Waals surface area contributed by atoms with Gasteiger partial charge in [0.1, 0.15) is 6.04 Å². The number of carbonyl (C=O) groups is 2. The van der Waals surface area contributed by atoms with Gasteiger partial charge in [-0.3, -0.25) is 9.59 Å². The molecule has 1 aromatic rings. The fraction of sp³-hybridized carbons (Fsp3) is 0.467. The summed E-state index contributed by atoms with van der Waals surface area (Å²) in [6, 6.07) is 4.75. The van der Waals surface area contributed by atoms with Crippen LogP contribution in [0, 0.1) is 12.3 Å². The molecule has 0 aliphatic carbocycles. The largest absolute Gasteiger partial charge is 0.344 e.